The zero-order valence-corrected chi connectivity index (χ0v) is 15.7. The quantitative estimate of drug-likeness (QED) is 0.421. The molecule has 0 atom stereocenters. The van der Waals surface area contributed by atoms with Gasteiger partial charge >= 0.3 is 0 Å². The van der Waals surface area contributed by atoms with Crippen LogP contribution in [0.5, 0.6) is 17.2 Å². The van der Waals surface area contributed by atoms with Crippen molar-refractivity contribution in [1.29, 1.82) is 0 Å². The average Bonchev–Trinajstić information content (AvgIpc) is 3.28. The molecular formula is C21H20N2O5. The SMILES string of the molecule is COc1ccc(-c2c(-c3cc(C(C)C)c(O)cc3O)[nH][nH]c2=O)c2ccoc12. The number of nitrogens with one attached hydrogen (secondary N) is 2. The third-order valence-electron chi connectivity index (χ3n) is 4.88. The summed E-state index contributed by atoms with van der Waals surface area (Å²) in [7, 11) is 1.55. The Labute approximate surface area is 160 Å². The Morgan fingerprint density at radius 1 is 1.04 bits per heavy atom. The molecule has 0 aliphatic heterocycles. The van der Waals surface area contributed by atoms with Crippen LogP contribution in [0, 0.1) is 0 Å². The number of fused-ring (bicyclic) bond motifs is 1. The fraction of sp³-hybridized carbons (Fsp3) is 0.190. The highest BCUT2D eigenvalue weighted by molar-refractivity contribution is 6.00. The van der Waals surface area contributed by atoms with Crippen LogP contribution in [0.25, 0.3) is 33.4 Å². The number of hydrogen-bond donors (Lipinski definition) is 4. The van der Waals surface area contributed by atoms with E-state index in [2.05, 4.69) is 10.2 Å². The summed E-state index contributed by atoms with van der Waals surface area (Å²) in [6.45, 7) is 3.88. The first kappa shape index (κ1) is 17.8. The summed E-state index contributed by atoms with van der Waals surface area (Å²) >= 11 is 0. The maximum Gasteiger partial charge on any atom is 0.272 e. The van der Waals surface area contributed by atoms with E-state index in [0.717, 1.165) is 0 Å². The van der Waals surface area contributed by atoms with Crippen LogP contribution < -0.4 is 10.3 Å². The highest BCUT2D eigenvalue weighted by atomic mass is 16.5. The number of phenolic OH excluding ortho intramolecular Hbond substituents is 2. The van der Waals surface area contributed by atoms with Gasteiger partial charge in [-0.05, 0) is 35.7 Å². The van der Waals surface area contributed by atoms with E-state index in [9.17, 15) is 15.0 Å². The number of phenols is 2. The minimum absolute atomic E-state index is 0.0114. The number of benzene rings is 2. The molecule has 0 spiro atoms. The summed E-state index contributed by atoms with van der Waals surface area (Å²) in [5.74, 6) is 0.481. The maximum atomic E-state index is 12.7. The molecule has 28 heavy (non-hydrogen) atoms. The fourth-order valence-electron chi connectivity index (χ4n) is 3.49. The lowest BCUT2D eigenvalue weighted by molar-refractivity contribution is 0.410. The molecular weight excluding hydrogens is 360 g/mol. The zero-order valence-electron chi connectivity index (χ0n) is 15.7. The second-order valence-electron chi connectivity index (χ2n) is 6.89. The number of methoxy groups -OCH3 is 1. The Bertz CT molecular complexity index is 1230. The molecule has 4 N–H and O–H groups in total. The van der Waals surface area contributed by atoms with Crippen LogP contribution in [0.15, 0.2) is 45.8 Å². The molecule has 0 radical (unpaired) electrons. The molecule has 2 aromatic heterocycles. The van der Waals surface area contributed by atoms with Crippen molar-refractivity contribution in [2.75, 3.05) is 7.11 Å². The summed E-state index contributed by atoms with van der Waals surface area (Å²) in [5.41, 5.74) is 2.72. The van der Waals surface area contributed by atoms with Gasteiger partial charge in [-0.1, -0.05) is 13.8 Å². The highest BCUT2D eigenvalue weighted by Gasteiger charge is 2.22. The Morgan fingerprint density at radius 2 is 1.82 bits per heavy atom. The third kappa shape index (κ3) is 2.63. The van der Waals surface area contributed by atoms with Crippen LogP contribution in [0.2, 0.25) is 0 Å². The number of hydrogen-bond acceptors (Lipinski definition) is 5. The van der Waals surface area contributed by atoms with Crippen LogP contribution >= 0.6 is 0 Å². The molecule has 0 aliphatic rings. The molecule has 0 aliphatic carbocycles. The van der Waals surface area contributed by atoms with Crippen molar-refractivity contribution in [1.82, 2.24) is 10.2 Å². The van der Waals surface area contributed by atoms with Gasteiger partial charge in [-0.25, -0.2) is 0 Å². The first-order valence-electron chi connectivity index (χ1n) is 8.83. The van der Waals surface area contributed by atoms with Gasteiger partial charge in [0, 0.05) is 22.6 Å². The van der Waals surface area contributed by atoms with Crippen molar-refractivity contribution in [2.24, 2.45) is 0 Å². The van der Waals surface area contributed by atoms with E-state index < -0.39 is 0 Å². The van der Waals surface area contributed by atoms with Gasteiger partial charge in [0.25, 0.3) is 5.56 Å². The largest absolute Gasteiger partial charge is 0.508 e. The molecule has 0 unspecified atom stereocenters. The molecule has 7 nitrogen and oxygen atoms in total. The normalized spacial score (nSPS) is 11.4. The van der Waals surface area contributed by atoms with Crippen LogP contribution in [0.4, 0.5) is 0 Å². The number of aromatic amines is 2. The highest BCUT2D eigenvalue weighted by Crippen LogP contribution is 2.42. The fourth-order valence-corrected chi connectivity index (χ4v) is 3.49. The topological polar surface area (TPSA) is 111 Å². The van der Waals surface area contributed by atoms with Gasteiger partial charge in [-0.2, -0.15) is 0 Å². The predicted molar refractivity (Wildman–Crippen MR) is 106 cm³/mol. The minimum atomic E-state index is -0.332. The summed E-state index contributed by atoms with van der Waals surface area (Å²) < 4.78 is 10.8. The van der Waals surface area contributed by atoms with E-state index in [1.54, 1.807) is 31.4 Å². The van der Waals surface area contributed by atoms with Gasteiger partial charge in [0.05, 0.1) is 24.6 Å². The molecule has 0 fully saturated rings. The Kier molecular flexibility index (Phi) is 4.15. The van der Waals surface area contributed by atoms with Gasteiger partial charge in [0.1, 0.15) is 11.5 Å². The molecule has 4 aromatic rings. The van der Waals surface area contributed by atoms with E-state index in [-0.39, 0.29) is 23.0 Å². The first-order valence-corrected chi connectivity index (χ1v) is 8.83. The lowest BCUT2D eigenvalue weighted by Gasteiger charge is -2.13. The summed E-state index contributed by atoms with van der Waals surface area (Å²) in [4.78, 5) is 12.7. The predicted octanol–water partition coefficient (Wildman–Crippen LogP) is 4.33. The number of rotatable bonds is 4. The number of H-pyrrole nitrogens is 2. The second-order valence-corrected chi connectivity index (χ2v) is 6.89. The maximum absolute atomic E-state index is 12.7. The van der Waals surface area contributed by atoms with E-state index in [1.807, 2.05) is 13.8 Å². The van der Waals surface area contributed by atoms with E-state index >= 15 is 0 Å². The Morgan fingerprint density at radius 3 is 2.54 bits per heavy atom. The standard InChI is InChI=1S/C21H20N2O5/c1-10(2)13-8-14(16(25)9-15(13)24)19-18(21(26)23-22-19)11-4-5-17(27-3)20-12(11)6-7-28-20/h4-10,24-25H,1-3H3,(H2,22,23,26). The smallest absolute Gasteiger partial charge is 0.272 e. The van der Waals surface area contributed by atoms with Crippen LogP contribution in [0.1, 0.15) is 25.3 Å². The second kappa shape index (κ2) is 6.53. The minimum Gasteiger partial charge on any atom is -0.508 e. The van der Waals surface area contributed by atoms with Gasteiger partial charge in [0.2, 0.25) is 0 Å². The van der Waals surface area contributed by atoms with Crippen molar-refractivity contribution in [3.05, 3.63) is 52.5 Å². The summed E-state index contributed by atoms with van der Waals surface area (Å²) in [6, 6.07) is 8.25. The van der Waals surface area contributed by atoms with Gasteiger partial charge in [-0.15, -0.1) is 0 Å². The average molecular weight is 380 g/mol. The molecule has 0 saturated carbocycles. The molecule has 0 bridgehead atoms. The monoisotopic (exact) mass is 380 g/mol. The molecule has 7 heteroatoms. The van der Waals surface area contributed by atoms with Crippen LogP contribution in [-0.2, 0) is 0 Å². The summed E-state index contributed by atoms with van der Waals surface area (Å²) in [6.07, 6.45) is 1.53. The molecule has 144 valence electrons. The van der Waals surface area contributed by atoms with Crippen LogP contribution in [-0.4, -0.2) is 27.5 Å². The van der Waals surface area contributed by atoms with E-state index in [4.69, 9.17) is 9.15 Å². The van der Waals surface area contributed by atoms with Crippen molar-refractivity contribution < 1.29 is 19.4 Å². The third-order valence-corrected chi connectivity index (χ3v) is 4.88. The number of furan rings is 1. The van der Waals surface area contributed by atoms with Crippen molar-refractivity contribution >= 4 is 11.0 Å². The Balaban J connectivity index is 2.00. The van der Waals surface area contributed by atoms with Crippen molar-refractivity contribution in [2.45, 2.75) is 19.8 Å². The summed E-state index contributed by atoms with van der Waals surface area (Å²) in [5, 5.41) is 26.8. The molecule has 2 heterocycles. The zero-order chi connectivity index (χ0) is 20.0. The van der Waals surface area contributed by atoms with E-state index in [0.29, 0.717) is 44.7 Å². The van der Waals surface area contributed by atoms with Gasteiger partial charge in [-0.3, -0.25) is 15.0 Å². The number of ether oxygens (including phenoxy) is 1. The molecule has 4 rings (SSSR count). The first-order chi connectivity index (χ1) is 13.4. The lowest BCUT2D eigenvalue weighted by atomic mass is 9.94. The number of aromatic nitrogens is 2. The van der Waals surface area contributed by atoms with Gasteiger partial charge in [0.15, 0.2) is 11.3 Å². The van der Waals surface area contributed by atoms with E-state index in [1.165, 1.54) is 12.3 Å². The number of aromatic hydroxyl groups is 2. The van der Waals surface area contributed by atoms with Crippen molar-refractivity contribution in [3.8, 4) is 39.6 Å². The van der Waals surface area contributed by atoms with Crippen LogP contribution in [0.3, 0.4) is 0 Å². The van der Waals surface area contributed by atoms with Crippen molar-refractivity contribution in [3.63, 3.8) is 0 Å². The molecule has 2 aromatic carbocycles. The Hall–Kier alpha value is -3.61. The molecule has 0 amide bonds. The van der Waals surface area contributed by atoms with Gasteiger partial charge < -0.3 is 19.4 Å². The molecule has 0 saturated heterocycles. The lowest BCUT2D eigenvalue weighted by Crippen LogP contribution is -2.02.